The summed E-state index contributed by atoms with van der Waals surface area (Å²) in [5.74, 6) is -0.163. The van der Waals surface area contributed by atoms with E-state index in [2.05, 4.69) is 10.4 Å². The first-order chi connectivity index (χ1) is 15.9. The van der Waals surface area contributed by atoms with Crippen molar-refractivity contribution in [3.05, 3.63) is 51.8 Å². The molecular weight excluding hydrogens is 475 g/mol. The SMILES string of the molecule is CC1(C)CNCCN1C(=O)c1cc2n(n1)CCN(C(=O)OCc1cc(Cl)cc(C(F)(F)F)c1)C2. The topological polar surface area (TPSA) is 79.7 Å². The molecule has 184 valence electrons. The van der Waals surface area contributed by atoms with Crippen LogP contribution in [0.1, 0.15) is 41.2 Å². The Bertz CT molecular complexity index is 1100. The zero-order chi connectivity index (χ0) is 24.7. The van der Waals surface area contributed by atoms with Crippen LogP contribution in [0, 0.1) is 0 Å². The molecule has 2 aromatic rings. The molecule has 8 nitrogen and oxygen atoms in total. The maximum absolute atomic E-state index is 13.1. The van der Waals surface area contributed by atoms with Gasteiger partial charge in [-0.2, -0.15) is 18.3 Å². The van der Waals surface area contributed by atoms with E-state index < -0.39 is 17.8 Å². The van der Waals surface area contributed by atoms with Gasteiger partial charge in [-0.3, -0.25) is 9.48 Å². The van der Waals surface area contributed by atoms with Gasteiger partial charge < -0.3 is 19.9 Å². The molecule has 0 spiro atoms. The van der Waals surface area contributed by atoms with Crippen LogP contribution >= 0.6 is 11.6 Å². The Morgan fingerprint density at radius 3 is 2.65 bits per heavy atom. The van der Waals surface area contributed by atoms with Crippen LogP contribution in [0.3, 0.4) is 0 Å². The van der Waals surface area contributed by atoms with E-state index in [1.54, 1.807) is 15.6 Å². The monoisotopic (exact) mass is 499 g/mol. The highest BCUT2D eigenvalue weighted by Gasteiger charge is 2.36. The van der Waals surface area contributed by atoms with Crippen molar-refractivity contribution in [2.24, 2.45) is 0 Å². The summed E-state index contributed by atoms with van der Waals surface area (Å²) >= 11 is 5.78. The average Bonchev–Trinajstić information content (AvgIpc) is 3.19. The molecule has 2 aliphatic heterocycles. The quantitative estimate of drug-likeness (QED) is 0.699. The van der Waals surface area contributed by atoms with Crippen molar-refractivity contribution in [2.75, 3.05) is 26.2 Å². The number of aromatic nitrogens is 2. The van der Waals surface area contributed by atoms with Crippen LogP contribution in [0.2, 0.25) is 5.02 Å². The van der Waals surface area contributed by atoms with Gasteiger partial charge in [0.25, 0.3) is 5.91 Å². The van der Waals surface area contributed by atoms with Gasteiger partial charge in [-0.25, -0.2) is 4.79 Å². The molecule has 12 heteroatoms. The maximum atomic E-state index is 13.1. The minimum Gasteiger partial charge on any atom is -0.445 e. The van der Waals surface area contributed by atoms with E-state index in [0.717, 1.165) is 12.1 Å². The van der Waals surface area contributed by atoms with Crippen LogP contribution in [-0.2, 0) is 30.6 Å². The molecule has 1 saturated heterocycles. The lowest BCUT2D eigenvalue weighted by atomic mass is 9.99. The van der Waals surface area contributed by atoms with Crippen LogP contribution in [0.25, 0.3) is 0 Å². The number of nitrogens with zero attached hydrogens (tertiary/aromatic N) is 4. The lowest BCUT2D eigenvalue weighted by Crippen LogP contribution is -2.59. The van der Waals surface area contributed by atoms with E-state index in [0.29, 0.717) is 44.1 Å². The molecule has 1 N–H and O–H groups in total. The molecule has 2 aliphatic rings. The minimum absolute atomic E-state index is 0.0902. The fourth-order valence-electron chi connectivity index (χ4n) is 4.16. The molecule has 4 rings (SSSR count). The van der Waals surface area contributed by atoms with Crippen LogP contribution in [0.15, 0.2) is 24.3 Å². The molecule has 0 unspecified atom stereocenters. The molecule has 3 heterocycles. The number of rotatable bonds is 3. The number of carbonyl (C=O) groups excluding carboxylic acids is 2. The highest BCUT2D eigenvalue weighted by Crippen LogP contribution is 2.32. The average molecular weight is 500 g/mol. The molecule has 1 fully saturated rings. The van der Waals surface area contributed by atoms with Crippen LogP contribution in [0.5, 0.6) is 0 Å². The van der Waals surface area contributed by atoms with Crippen molar-refractivity contribution in [3.8, 4) is 0 Å². The summed E-state index contributed by atoms with van der Waals surface area (Å²) in [5.41, 5.74) is -0.110. The second-order valence-electron chi connectivity index (χ2n) is 9.01. The molecule has 0 bridgehead atoms. The number of hydrogen-bond donors (Lipinski definition) is 1. The van der Waals surface area contributed by atoms with Gasteiger partial charge in [0.15, 0.2) is 5.69 Å². The summed E-state index contributed by atoms with van der Waals surface area (Å²) in [4.78, 5) is 28.8. The summed E-state index contributed by atoms with van der Waals surface area (Å²) in [6, 6.07) is 4.72. The molecule has 1 aromatic carbocycles. The number of piperazine rings is 1. The van der Waals surface area contributed by atoms with Crippen LogP contribution in [-0.4, -0.2) is 63.3 Å². The van der Waals surface area contributed by atoms with Crippen molar-refractivity contribution < 1.29 is 27.5 Å². The zero-order valence-corrected chi connectivity index (χ0v) is 19.5. The first kappa shape index (κ1) is 24.3. The number of alkyl halides is 3. The molecule has 34 heavy (non-hydrogen) atoms. The third-order valence-electron chi connectivity index (χ3n) is 5.97. The van der Waals surface area contributed by atoms with Crippen LogP contribution < -0.4 is 5.32 Å². The Hall–Kier alpha value is -2.79. The third-order valence-corrected chi connectivity index (χ3v) is 6.19. The smallest absolute Gasteiger partial charge is 0.416 e. The van der Waals surface area contributed by atoms with Crippen molar-refractivity contribution >= 4 is 23.6 Å². The standard InChI is InChI=1S/C22H25ClF3N5O3/c1-21(2)13-27-3-4-30(21)19(32)18-10-17-11-29(5-6-31(17)28-18)20(33)34-12-14-7-15(22(24,25)26)9-16(23)8-14/h7-10,27H,3-6,11-13H2,1-2H3. The van der Waals surface area contributed by atoms with Gasteiger partial charge >= 0.3 is 12.3 Å². The highest BCUT2D eigenvalue weighted by atomic mass is 35.5. The number of carbonyl (C=O) groups is 2. The molecule has 0 atom stereocenters. The van der Waals surface area contributed by atoms with Crippen LogP contribution in [0.4, 0.5) is 18.0 Å². The predicted molar refractivity (Wildman–Crippen MR) is 117 cm³/mol. The predicted octanol–water partition coefficient (Wildman–Crippen LogP) is 3.53. The van der Waals surface area contributed by atoms with E-state index in [-0.39, 0.29) is 35.2 Å². The summed E-state index contributed by atoms with van der Waals surface area (Å²) in [6.07, 6.45) is -5.22. The Morgan fingerprint density at radius 1 is 1.18 bits per heavy atom. The lowest BCUT2D eigenvalue weighted by Gasteiger charge is -2.42. The number of fused-ring (bicyclic) bond motifs is 1. The molecule has 0 aliphatic carbocycles. The number of benzene rings is 1. The van der Waals surface area contributed by atoms with Gasteiger partial charge in [-0.05, 0) is 43.7 Å². The first-order valence-corrected chi connectivity index (χ1v) is 11.2. The highest BCUT2D eigenvalue weighted by molar-refractivity contribution is 6.30. The Labute approximate surface area is 199 Å². The van der Waals surface area contributed by atoms with Gasteiger partial charge in [-0.1, -0.05) is 11.6 Å². The molecule has 2 amide bonds. The number of ether oxygens (including phenoxy) is 1. The van der Waals surface area contributed by atoms with Crippen molar-refractivity contribution in [1.29, 1.82) is 0 Å². The Balaban J connectivity index is 1.40. The summed E-state index contributed by atoms with van der Waals surface area (Å²) in [6.45, 7) is 6.44. The minimum atomic E-state index is -4.55. The summed E-state index contributed by atoms with van der Waals surface area (Å²) in [5, 5.41) is 7.61. The Kier molecular flexibility index (Phi) is 6.52. The normalized spacial score (nSPS) is 17.9. The van der Waals surface area contributed by atoms with E-state index in [1.807, 2.05) is 13.8 Å². The van der Waals surface area contributed by atoms with E-state index in [4.69, 9.17) is 16.3 Å². The molecular formula is C22H25ClF3N5O3. The molecule has 0 saturated carbocycles. The van der Waals surface area contributed by atoms with Crippen molar-refractivity contribution in [3.63, 3.8) is 0 Å². The van der Waals surface area contributed by atoms with Crippen molar-refractivity contribution in [2.45, 2.75) is 45.3 Å². The summed E-state index contributed by atoms with van der Waals surface area (Å²) < 4.78 is 45.9. The van der Waals surface area contributed by atoms with Gasteiger partial charge in [-0.15, -0.1) is 0 Å². The number of hydrogen-bond acceptors (Lipinski definition) is 5. The molecule has 1 aromatic heterocycles. The van der Waals surface area contributed by atoms with Gasteiger partial charge in [0.05, 0.1) is 29.9 Å². The van der Waals surface area contributed by atoms with Gasteiger partial charge in [0.1, 0.15) is 6.61 Å². The van der Waals surface area contributed by atoms with E-state index >= 15 is 0 Å². The first-order valence-electron chi connectivity index (χ1n) is 10.8. The third kappa shape index (κ3) is 5.15. The zero-order valence-electron chi connectivity index (χ0n) is 18.8. The number of amides is 2. The second-order valence-corrected chi connectivity index (χ2v) is 9.45. The molecule has 0 radical (unpaired) electrons. The Morgan fingerprint density at radius 2 is 1.94 bits per heavy atom. The number of nitrogens with one attached hydrogen (secondary N) is 1. The van der Waals surface area contributed by atoms with Gasteiger partial charge in [0, 0.05) is 31.2 Å². The summed E-state index contributed by atoms with van der Waals surface area (Å²) in [7, 11) is 0. The fraction of sp³-hybridized carbons (Fsp3) is 0.500. The van der Waals surface area contributed by atoms with Crippen molar-refractivity contribution in [1.82, 2.24) is 24.9 Å². The second kappa shape index (κ2) is 9.10. The lowest BCUT2D eigenvalue weighted by molar-refractivity contribution is -0.137. The van der Waals surface area contributed by atoms with Gasteiger partial charge in [0.2, 0.25) is 0 Å². The fourth-order valence-corrected chi connectivity index (χ4v) is 4.42. The maximum Gasteiger partial charge on any atom is 0.416 e. The number of halogens is 4. The van der Waals surface area contributed by atoms with E-state index in [9.17, 15) is 22.8 Å². The van der Waals surface area contributed by atoms with E-state index in [1.165, 1.54) is 11.0 Å². The largest absolute Gasteiger partial charge is 0.445 e.